The molecule has 1 aromatic rings. The first-order chi connectivity index (χ1) is 10.0. The Morgan fingerprint density at radius 1 is 1.43 bits per heavy atom. The number of ether oxygens (including phenoxy) is 1. The first kappa shape index (κ1) is 15.8. The van der Waals surface area contributed by atoms with Crippen molar-refractivity contribution >= 4 is 11.7 Å². The minimum Gasteiger partial charge on any atom is -0.462 e. The molecule has 0 aromatic heterocycles. The Labute approximate surface area is 127 Å². The van der Waals surface area contributed by atoms with Gasteiger partial charge in [-0.05, 0) is 51.4 Å². The smallest absolute Gasteiger partial charge is 0.338 e. The molecule has 1 aliphatic heterocycles. The molecule has 4 nitrogen and oxygen atoms in total. The van der Waals surface area contributed by atoms with Crippen LogP contribution in [0.4, 0.5) is 5.69 Å². The minimum atomic E-state index is -0.258. The van der Waals surface area contributed by atoms with Crippen molar-refractivity contribution in [3.8, 4) is 0 Å². The third kappa shape index (κ3) is 3.97. The molecule has 4 heteroatoms. The summed E-state index contributed by atoms with van der Waals surface area (Å²) in [5.41, 5.74) is 1.60. The summed E-state index contributed by atoms with van der Waals surface area (Å²) >= 11 is 0. The van der Waals surface area contributed by atoms with E-state index in [1.807, 2.05) is 25.1 Å². The van der Waals surface area contributed by atoms with Crippen LogP contribution in [0.15, 0.2) is 24.3 Å². The van der Waals surface area contributed by atoms with Crippen LogP contribution in [-0.2, 0) is 4.74 Å². The number of benzene rings is 1. The van der Waals surface area contributed by atoms with E-state index in [1.54, 1.807) is 6.07 Å². The van der Waals surface area contributed by atoms with Crippen LogP contribution in [0.25, 0.3) is 0 Å². The highest BCUT2D eigenvalue weighted by atomic mass is 16.5. The second-order valence-electron chi connectivity index (χ2n) is 6.05. The second kappa shape index (κ2) is 6.94. The molecule has 0 bridgehead atoms. The van der Waals surface area contributed by atoms with Crippen molar-refractivity contribution in [2.45, 2.75) is 39.3 Å². The lowest BCUT2D eigenvalue weighted by molar-refractivity contribution is 0.0526. The van der Waals surface area contributed by atoms with Crippen molar-refractivity contribution < 1.29 is 9.53 Å². The molecule has 3 atom stereocenters. The molecule has 0 aliphatic carbocycles. The van der Waals surface area contributed by atoms with Gasteiger partial charge in [0.25, 0.3) is 0 Å². The highest BCUT2D eigenvalue weighted by Crippen LogP contribution is 2.24. The summed E-state index contributed by atoms with van der Waals surface area (Å²) in [4.78, 5) is 14.2. The molecule has 1 fully saturated rings. The summed E-state index contributed by atoms with van der Waals surface area (Å²) in [6, 6.07) is 8.61. The Morgan fingerprint density at radius 2 is 2.19 bits per heavy atom. The topological polar surface area (TPSA) is 41.6 Å². The van der Waals surface area contributed by atoms with Crippen molar-refractivity contribution in [1.29, 1.82) is 0 Å². The number of hydrogen-bond acceptors (Lipinski definition) is 4. The van der Waals surface area contributed by atoms with Gasteiger partial charge in [-0.25, -0.2) is 4.79 Å². The highest BCUT2D eigenvalue weighted by molar-refractivity contribution is 5.90. The third-order valence-electron chi connectivity index (χ3n) is 4.34. The number of piperidine rings is 1. The summed E-state index contributed by atoms with van der Waals surface area (Å²) in [6.07, 6.45) is 1.11. The maximum absolute atomic E-state index is 11.8. The average Bonchev–Trinajstić information content (AvgIpc) is 2.45. The molecular weight excluding hydrogens is 264 g/mol. The zero-order chi connectivity index (χ0) is 15.4. The van der Waals surface area contributed by atoms with Gasteiger partial charge in [-0.15, -0.1) is 0 Å². The fourth-order valence-corrected chi connectivity index (χ4v) is 2.91. The molecule has 1 aliphatic rings. The molecule has 1 aromatic carbocycles. The Morgan fingerprint density at radius 3 is 2.90 bits per heavy atom. The van der Waals surface area contributed by atoms with E-state index in [1.165, 1.54) is 0 Å². The Hall–Kier alpha value is -1.55. The maximum Gasteiger partial charge on any atom is 0.338 e. The highest BCUT2D eigenvalue weighted by Gasteiger charge is 2.28. The fraction of sp³-hybridized carbons (Fsp3) is 0.588. The number of hydrogen-bond donors (Lipinski definition) is 1. The van der Waals surface area contributed by atoms with E-state index in [0.29, 0.717) is 30.2 Å². The van der Waals surface area contributed by atoms with Gasteiger partial charge < -0.3 is 15.0 Å². The lowest BCUT2D eigenvalue weighted by Gasteiger charge is -2.40. The van der Waals surface area contributed by atoms with Gasteiger partial charge in [0.15, 0.2) is 0 Å². The summed E-state index contributed by atoms with van der Waals surface area (Å²) in [5.74, 6) is 0.323. The molecule has 116 valence electrons. The van der Waals surface area contributed by atoms with Crippen molar-refractivity contribution in [2.24, 2.45) is 5.92 Å². The summed E-state index contributed by atoms with van der Waals surface area (Å²) in [7, 11) is 2.18. The summed E-state index contributed by atoms with van der Waals surface area (Å²) < 4.78 is 5.05. The summed E-state index contributed by atoms with van der Waals surface area (Å²) in [6.45, 7) is 7.85. The van der Waals surface area contributed by atoms with E-state index in [4.69, 9.17) is 4.74 Å². The van der Waals surface area contributed by atoms with E-state index in [0.717, 1.165) is 18.7 Å². The number of carbonyl (C=O) groups excluding carboxylic acids is 1. The minimum absolute atomic E-state index is 0.258. The number of nitrogens with one attached hydrogen (secondary N) is 1. The molecule has 2 rings (SSSR count). The quantitative estimate of drug-likeness (QED) is 0.866. The molecule has 0 amide bonds. The van der Waals surface area contributed by atoms with Crippen LogP contribution >= 0.6 is 0 Å². The standard InChI is InChI=1S/C17H26N2O2/c1-5-21-17(20)14-7-6-8-15(10-14)18-16-9-13(3)19(4)11-12(16)2/h6-8,10,12-13,16,18H,5,9,11H2,1-4H3. The van der Waals surface area contributed by atoms with Gasteiger partial charge in [0.2, 0.25) is 0 Å². The molecule has 3 unspecified atom stereocenters. The van der Waals surface area contributed by atoms with E-state index in [-0.39, 0.29) is 5.97 Å². The van der Waals surface area contributed by atoms with Gasteiger partial charge >= 0.3 is 5.97 Å². The number of likely N-dealkylation sites (tertiary alicyclic amines) is 1. The predicted molar refractivity (Wildman–Crippen MR) is 85.7 cm³/mol. The van der Waals surface area contributed by atoms with Gasteiger partial charge in [0, 0.05) is 24.3 Å². The molecular formula is C17H26N2O2. The first-order valence-electron chi connectivity index (χ1n) is 7.75. The monoisotopic (exact) mass is 290 g/mol. The van der Waals surface area contributed by atoms with Crippen LogP contribution in [0.2, 0.25) is 0 Å². The number of rotatable bonds is 4. The van der Waals surface area contributed by atoms with E-state index < -0.39 is 0 Å². The molecule has 1 saturated heterocycles. The number of anilines is 1. The Kier molecular flexibility index (Phi) is 5.23. The Bertz CT molecular complexity index is 489. The molecule has 1 N–H and O–H groups in total. The zero-order valence-corrected chi connectivity index (χ0v) is 13.4. The van der Waals surface area contributed by atoms with Crippen LogP contribution in [0.5, 0.6) is 0 Å². The fourth-order valence-electron chi connectivity index (χ4n) is 2.91. The van der Waals surface area contributed by atoms with Gasteiger partial charge in [0.1, 0.15) is 0 Å². The van der Waals surface area contributed by atoms with Crippen molar-refractivity contribution in [1.82, 2.24) is 4.90 Å². The normalized spacial score (nSPS) is 26.4. The van der Waals surface area contributed by atoms with Gasteiger partial charge in [-0.2, -0.15) is 0 Å². The van der Waals surface area contributed by atoms with Gasteiger partial charge in [-0.1, -0.05) is 13.0 Å². The van der Waals surface area contributed by atoms with Crippen LogP contribution < -0.4 is 5.32 Å². The third-order valence-corrected chi connectivity index (χ3v) is 4.34. The van der Waals surface area contributed by atoms with Gasteiger partial charge in [0.05, 0.1) is 12.2 Å². The molecule has 0 radical (unpaired) electrons. The van der Waals surface area contributed by atoms with Crippen molar-refractivity contribution in [3.63, 3.8) is 0 Å². The van der Waals surface area contributed by atoms with E-state index in [2.05, 4.69) is 31.1 Å². The zero-order valence-electron chi connectivity index (χ0n) is 13.4. The van der Waals surface area contributed by atoms with Crippen LogP contribution in [-0.4, -0.2) is 43.2 Å². The number of nitrogens with zero attached hydrogens (tertiary/aromatic N) is 1. The SMILES string of the molecule is CCOC(=O)c1cccc(NC2CC(C)N(C)CC2C)c1. The van der Waals surface area contributed by atoms with Crippen LogP contribution in [0.3, 0.4) is 0 Å². The first-order valence-corrected chi connectivity index (χ1v) is 7.75. The number of carbonyl (C=O) groups is 1. The molecule has 0 spiro atoms. The summed E-state index contributed by atoms with van der Waals surface area (Å²) in [5, 5.41) is 3.58. The van der Waals surface area contributed by atoms with Crippen LogP contribution in [0.1, 0.15) is 37.6 Å². The van der Waals surface area contributed by atoms with Crippen LogP contribution in [0, 0.1) is 5.92 Å². The lowest BCUT2D eigenvalue weighted by Crippen LogP contribution is -2.48. The number of esters is 1. The second-order valence-corrected chi connectivity index (χ2v) is 6.05. The van der Waals surface area contributed by atoms with Crippen molar-refractivity contribution in [2.75, 3.05) is 25.5 Å². The Balaban J connectivity index is 2.05. The van der Waals surface area contributed by atoms with E-state index >= 15 is 0 Å². The average molecular weight is 290 g/mol. The van der Waals surface area contributed by atoms with Crippen molar-refractivity contribution in [3.05, 3.63) is 29.8 Å². The molecule has 0 saturated carbocycles. The lowest BCUT2D eigenvalue weighted by atomic mass is 9.89. The largest absolute Gasteiger partial charge is 0.462 e. The molecule has 21 heavy (non-hydrogen) atoms. The molecule has 1 heterocycles. The van der Waals surface area contributed by atoms with E-state index in [9.17, 15) is 4.79 Å². The maximum atomic E-state index is 11.8. The predicted octanol–water partition coefficient (Wildman–Crippen LogP) is 3.00. The van der Waals surface area contributed by atoms with Gasteiger partial charge in [-0.3, -0.25) is 0 Å².